The SMILES string of the molecule is CC1(C)c2ccccc2-c2c1ccc1oc3c(-c4ccc(N(c5ccc(-c6ccccc6)cc5)c5ccc(-c6ccccc6)cc5)cc4)cccc3c21. The second-order valence-corrected chi connectivity index (χ2v) is 14.5. The highest BCUT2D eigenvalue weighted by atomic mass is 16.3. The van der Waals surface area contributed by atoms with Crippen LogP contribution in [0.2, 0.25) is 0 Å². The number of nitrogens with zero attached hydrogens (tertiary/aromatic N) is 1. The molecule has 1 aromatic heterocycles. The standard InChI is InChI=1S/C51H37NO/c1-51(2)45-19-10-9-16-43(45)48-46(51)32-33-47-49(48)44-18-11-17-42(50(44)53-47)38-24-30-41(31-25-38)52(39-26-20-36(21-27-39)34-12-5-3-6-13-34)40-28-22-37(23-29-40)35-14-7-4-8-15-35/h3-33H,1-2H3. The van der Waals surface area contributed by atoms with Crippen molar-refractivity contribution >= 4 is 39.0 Å². The van der Waals surface area contributed by atoms with Crippen molar-refractivity contribution in [1.82, 2.24) is 0 Å². The van der Waals surface area contributed by atoms with Crippen LogP contribution >= 0.6 is 0 Å². The fourth-order valence-electron chi connectivity index (χ4n) is 8.41. The van der Waals surface area contributed by atoms with Crippen molar-refractivity contribution in [2.75, 3.05) is 4.90 Å². The molecule has 0 bridgehead atoms. The number of rotatable bonds is 6. The maximum atomic E-state index is 6.75. The number of benzene rings is 8. The molecule has 1 heterocycles. The highest BCUT2D eigenvalue weighted by Crippen LogP contribution is 2.53. The Hall–Kier alpha value is -6.64. The van der Waals surface area contributed by atoms with Crippen LogP contribution in [0.15, 0.2) is 192 Å². The van der Waals surface area contributed by atoms with Crippen molar-refractivity contribution in [1.29, 1.82) is 0 Å². The van der Waals surface area contributed by atoms with E-state index in [2.05, 4.69) is 207 Å². The van der Waals surface area contributed by atoms with Crippen molar-refractivity contribution in [3.8, 4) is 44.5 Å². The quantitative estimate of drug-likeness (QED) is 0.174. The lowest BCUT2D eigenvalue weighted by Gasteiger charge is -2.26. The summed E-state index contributed by atoms with van der Waals surface area (Å²) in [4.78, 5) is 2.33. The van der Waals surface area contributed by atoms with E-state index in [1.807, 2.05) is 0 Å². The topological polar surface area (TPSA) is 16.4 Å². The summed E-state index contributed by atoms with van der Waals surface area (Å²) in [6, 6.07) is 67.5. The zero-order chi connectivity index (χ0) is 35.5. The average molecular weight is 680 g/mol. The van der Waals surface area contributed by atoms with E-state index in [0.29, 0.717) is 0 Å². The third-order valence-electron chi connectivity index (χ3n) is 11.1. The number of fused-ring (bicyclic) bond motifs is 7. The van der Waals surface area contributed by atoms with Crippen LogP contribution in [-0.2, 0) is 5.41 Å². The van der Waals surface area contributed by atoms with E-state index < -0.39 is 0 Å². The zero-order valence-electron chi connectivity index (χ0n) is 29.8. The van der Waals surface area contributed by atoms with Gasteiger partial charge in [0.15, 0.2) is 0 Å². The van der Waals surface area contributed by atoms with Gasteiger partial charge in [-0.1, -0.05) is 159 Å². The molecule has 2 heteroatoms. The summed E-state index contributed by atoms with van der Waals surface area (Å²) < 4.78 is 6.75. The number of furan rings is 1. The van der Waals surface area contributed by atoms with Gasteiger partial charge in [0.25, 0.3) is 0 Å². The predicted octanol–water partition coefficient (Wildman–Crippen LogP) is 14.4. The Labute approximate surface area is 310 Å². The summed E-state index contributed by atoms with van der Waals surface area (Å²) in [7, 11) is 0. The van der Waals surface area contributed by atoms with Gasteiger partial charge < -0.3 is 9.32 Å². The second kappa shape index (κ2) is 12.3. The van der Waals surface area contributed by atoms with Gasteiger partial charge >= 0.3 is 0 Å². The summed E-state index contributed by atoms with van der Waals surface area (Å²) in [5.41, 5.74) is 17.4. The Balaban J connectivity index is 1.06. The van der Waals surface area contributed by atoms with Crippen LogP contribution in [0.4, 0.5) is 17.1 Å². The minimum Gasteiger partial charge on any atom is -0.455 e. The molecule has 10 rings (SSSR count). The molecule has 0 radical (unpaired) electrons. The largest absolute Gasteiger partial charge is 0.455 e. The summed E-state index contributed by atoms with van der Waals surface area (Å²) in [5, 5.41) is 2.36. The molecule has 0 amide bonds. The Morgan fingerprint density at radius 1 is 0.396 bits per heavy atom. The Bertz CT molecular complexity index is 2670. The van der Waals surface area contributed by atoms with Crippen LogP contribution in [0, 0.1) is 0 Å². The Morgan fingerprint density at radius 3 is 1.47 bits per heavy atom. The summed E-state index contributed by atoms with van der Waals surface area (Å²) in [5.74, 6) is 0. The summed E-state index contributed by atoms with van der Waals surface area (Å²) in [6.45, 7) is 4.66. The molecule has 0 unspecified atom stereocenters. The molecule has 0 saturated heterocycles. The number of hydrogen-bond donors (Lipinski definition) is 0. The molecular weight excluding hydrogens is 643 g/mol. The van der Waals surface area contributed by atoms with E-state index in [1.54, 1.807) is 0 Å². The maximum absolute atomic E-state index is 6.75. The Kier molecular flexibility index (Phi) is 7.19. The minimum absolute atomic E-state index is 0.0627. The van der Waals surface area contributed by atoms with Gasteiger partial charge in [0, 0.05) is 38.8 Å². The lowest BCUT2D eigenvalue weighted by Crippen LogP contribution is -2.14. The van der Waals surface area contributed by atoms with Gasteiger partial charge in [-0.2, -0.15) is 0 Å². The van der Waals surface area contributed by atoms with Gasteiger partial charge in [-0.05, 0) is 92.5 Å². The second-order valence-electron chi connectivity index (χ2n) is 14.5. The van der Waals surface area contributed by atoms with Crippen molar-refractivity contribution in [3.05, 3.63) is 199 Å². The monoisotopic (exact) mass is 679 g/mol. The van der Waals surface area contributed by atoms with E-state index in [4.69, 9.17) is 4.42 Å². The van der Waals surface area contributed by atoms with Crippen LogP contribution in [0.25, 0.3) is 66.4 Å². The van der Waals surface area contributed by atoms with Crippen LogP contribution in [0.5, 0.6) is 0 Å². The highest BCUT2D eigenvalue weighted by Gasteiger charge is 2.37. The summed E-state index contributed by atoms with van der Waals surface area (Å²) in [6.07, 6.45) is 0. The Morgan fingerprint density at radius 2 is 0.887 bits per heavy atom. The number of anilines is 3. The van der Waals surface area contributed by atoms with Gasteiger partial charge in [0.1, 0.15) is 11.2 Å². The molecule has 8 aromatic carbocycles. The van der Waals surface area contributed by atoms with E-state index in [1.165, 1.54) is 49.9 Å². The zero-order valence-corrected chi connectivity index (χ0v) is 29.8. The molecular formula is C51H37NO. The molecule has 1 aliphatic carbocycles. The van der Waals surface area contributed by atoms with Crippen LogP contribution in [0.3, 0.4) is 0 Å². The first-order chi connectivity index (χ1) is 26.0. The maximum Gasteiger partial charge on any atom is 0.143 e. The normalized spacial score (nSPS) is 12.9. The van der Waals surface area contributed by atoms with E-state index in [9.17, 15) is 0 Å². The molecule has 2 nitrogen and oxygen atoms in total. The van der Waals surface area contributed by atoms with Gasteiger partial charge in [0.2, 0.25) is 0 Å². The first kappa shape index (κ1) is 31.1. The first-order valence-electron chi connectivity index (χ1n) is 18.3. The molecule has 252 valence electrons. The van der Waals surface area contributed by atoms with Gasteiger partial charge in [-0.25, -0.2) is 0 Å². The van der Waals surface area contributed by atoms with Gasteiger partial charge in [-0.15, -0.1) is 0 Å². The fraction of sp³-hybridized carbons (Fsp3) is 0.0588. The van der Waals surface area contributed by atoms with Gasteiger partial charge in [-0.3, -0.25) is 0 Å². The van der Waals surface area contributed by atoms with Crippen LogP contribution in [0.1, 0.15) is 25.0 Å². The lowest BCUT2D eigenvalue weighted by molar-refractivity contribution is 0.657. The minimum atomic E-state index is -0.0627. The highest BCUT2D eigenvalue weighted by molar-refractivity contribution is 6.17. The number of hydrogen-bond acceptors (Lipinski definition) is 2. The molecule has 0 spiro atoms. The predicted molar refractivity (Wildman–Crippen MR) is 222 cm³/mol. The van der Waals surface area contributed by atoms with E-state index in [-0.39, 0.29) is 5.41 Å². The molecule has 53 heavy (non-hydrogen) atoms. The molecule has 0 aliphatic heterocycles. The fourth-order valence-corrected chi connectivity index (χ4v) is 8.41. The van der Waals surface area contributed by atoms with Crippen molar-refractivity contribution < 1.29 is 4.42 Å². The van der Waals surface area contributed by atoms with Crippen molar-refractivity contribution in [2.24, 2.45) is 0 Å². The molecule has 0 N–H and O–H groups in total. The van der Waals surface area contributed by atoms with E-state index >= 15 is 0 Å². The third kappa shape index (κ3) is 5.10. The molecule has 0 fully saturated rings. The number of para-hydroxylation sites is 1. The lowest BCUT2D eigenvalue weighted by atomic mass is 9.82. The average Bonchev–Trinajstić information content (AvgIpc) is 3.72. The van der Waals surface area contributed by atoms with Crippen molar-refractivity contribution in [2.45, 2.75) is 19.3 Å². The van der Waals surface area contributed by atoms with Gasteiger partial charge in [0.05, 0.1) is 0 Å². The molecule has 1 aliphatic rings. The van der Waals surface area contributed by atoms with Crippen molar-refractivity contribution in [3.63, 3.8) is 0 Å². The first-order valence-corrected chi connectivity index (χ1v) is 18.3. The molecule has 0 saturated carbocycles. The smallest absolute Gasteiger partial charge is 0.143 e. The van der Waals surface area contributed by atoms with Crippen LogP contribution < -0.4 is 4.90 Å². The van der Waals surface area contributed by atoms with E-state index in [0.717, 1.165) is 44.7 Å². The summed E-state index contributed by atoms with van der Waals surface area (Å²) >= 11 is 0. The molecule has 9 aromatic rings. The third-order valence-corrected chi connectivity index (χ3v) is 11.1. The van der Waals surface area contributed by atoms with Crippen LogP contribution in [-0.4, -0.2) is 0 Å². The molecule has 0 atom stereocenters.